The summed E-state index contributed by atoms with van der Waals surface area (Å²) in [5.41, 5.74) is 5.65. The molecule has 1 aliphatic heterocycles. The fourth-order valence-electron chi connectivity index (χ4n) is 3.58. The van der Waals surface area contributed by atoms with Gasteiger partial charge in [0.2, 0.25) is 5.91 Å². The van der Waals surface area contributed by atoms with E-state index in [1.54, 1.807) is 12.1 Å². The highest BCUT2D eigenvalue weighted by Crippen LogP contribution is 2.23. The second-order valence-electron chi connectivity index (χ2n) is 7.53. The number of carbonyl (C=O) groups excluding carboxylic acids is 2. The quantitative estimate of drug-likeness (QED) is 0.384. The van der Waals surface area contributed by atoms with E-state index in [0.29, 0.717) is 11.4 Å². The maximum absolute atomic E-state index is 13.0. The van der Waals surface area contributed by atoms with E-state index in [-0.39, 0.29) is 5.11 Å². The Kier molecular flexibility index (Phi) is 5.52. The SMILES string of the molecule is Cc1ccc(N2C(=O)[C@H](C=Nc3ccc(-n4c(C)ccc4C)cc3)C(=O)NC2=S)cc1. The molecule has 1 N–H and O–H groups in total. The fraction of sp³-hybridized carbons (Fsp3) is 0.167. The second kappa shape index (κ2) is 8.28. The molecular weight excluding hydrogens is 408 g/mol. The van der Waals surface area contributed by atoms with Crippen LogP contribution in [0.3, 0.4) is 0 Å². The average molecular weight is 431 g/mol. The summed E-state index contributed by atoms with van der Waals surface area (Å²) in [7, 11) is 0. The van der Waals surface area contributed by atoms with Gasteiger partial charge in [-0.05, 0) is 81.5 Å². The van der Waals surface area contributed by atoms with E-state index >= 15 is 0 Å². The van der Waals surface area contributed by atoms with Gasteiger partial charge in [-0.15, -0.1) is 0 Å². The standard InChI is InChI=1S/C24H22N4O2S/c1-15-4-10-20(11-5-15)28-23(30)21(22(29)26-24(28)31)14-25-18-8-12-19(13-9-18)27-16(2)6-7-17(27)3/h4-14,21H,1-3H3,(H,26,29,31)/t21-/m1/s1. The Morgan fingerprint density at radius 1 is 0.871 bits per heavy atom. The van der Waals surface area contributed by atoms with E-state index in [9.17, 15) is 9.59 Å². The molecule has 6 nitrogen and oxygen atoms in total. The number of rotatable bonds is 4. The summed E-state index contributed by atoms with van der Waals surface area (Å²) in [5.74, 6) is -1.95. The number of hydrogen-bond donors (Lipinski definition) is 1. The zero-order valence-electron chi connectivity index (χ0n) is 17.5. The molecule has 31 heavy (non-hydrogen) atoms. The molecule has 156 valence electrons. The van der Waals surface area contributed by atoms with Crippen molar-refractivity contribution in [2.75, 3.05) is 4.90 Å². The maximum atomic E-state index is 13.0. The number of aliphatic imine (C=N–C) groups is 1. The van der Waals surface area contributed by atoms with E-state index in [4.69, 9.17) is 12.2 Å². The van der Waals surface area contributed by atoms with Crippen LogP contribution in [-0.2, 0) is 9.59 Å². The lowest BCUT2D eigenvalue weighted by molar-refractivity contribution is -0.130. The van der Waals surface area contributed by atoms with Gasteiger partial charge in [0.25, 0.3) is 5.91 Å². The van der Waals surface area contributed by atoms with Gasteiger partial charge in [0.05, 0.1) is 11.4 Å². The number of thiocarbonyl (C=S) groups is 1. The lowest BCUT2D eigenvalue weighted by Crippen LogP contribution is -2.58. The van der Waals surface area contributed by atoms with Gasteiger partial charge in [-0.2, -0.15) is 0 Å². The molecule has 4 rings (SSSR count). The van der Waals surface area contributed by atoms with E-state index in [2.05, 4.69) is 40.9 Å². The largest absolute Gasteiger partial charge is 0.319 e. The van der Waals surface area contributed by atoms with E-state index in [1.807, 2.05) is 43.3 Å². The van der Waals surface area contributed by atoms with Crippen LogP contribution in [0.2, 0.25) is 0 Å². The van der Waals surface area contributed by atoms with Gasteiger partial charge in [0.1, 0.15) is 0 Å². The van der Waals surface area contributed by atoms with Crippen LogP contribution in [0, 0.1) is 26.7 Å². The van der Waals surface area contributed by atoms with Crippen molar-refractivity contribution in [3.8, 4) is 5.69 Å². The minimum absolute atomic E-state index is 0.0744. The van der Waals surface area contributed by atoms with E-state index < -0.39 is 17.7 Å². The summed E-state index contributed by atoms with van der Waals surface area (Å²) in [6.45, 7) is 6.06. The summed E-state index contributed by atoms with van der Waals surface area (Å²) in [5, 5.41) is 2.68. The number of aromatic nitrogens is 1. The molecule has 1 atom stereocenters. The Bertz CT molecular complexity index is 1170. The highest BCUT2D eigenvalue weighted by atomic mass is 32.1. The molecule has 1 fully saturated rings. The first-order valence-electron chi connectivity index (χ1n) is 9.90. The predicted molar refractivity (Wildman–Crippen MR) is 126 cm³/mol. The molecule has 1 aliphatic rings. The Morgan fingerprint density at radius 3 is 2.06 bits per heavy atom. The zero-order chi connectivity index (χ0) is 22.1. The molecule has 2 heterocycles. The summed E-state index contributed by atoms with van der Waals surface area (Å²) in [6, 6.07) is 19.2. The molecule has 1 saturated heterocycles. The molecule has 2 aromatic carbocycles. The number of hydrogen-bond acceptors (Lipinski definition) is 4. The topological polar surface area (TPSA) is 66.7 Å². The molecule has 1 aromatic heterocycles. The third-order valence-corrected chi connectivity index (χ3v) is 5.53. The normalized spacial score (nSPS) is 16.8. The van der Waals surface area contributed by atoms with E-state index in [0.717, 1.165) is 22.6 Å². The van der Waals surface area contributed by atoms with Gasteiger partial charge < -0.3 is 9.88 Å². The summed E-state index contributed by atoms with van der Waals surface area (Å²) >= 11 is 5.23. The zero-order valence-corrected chi connectivity index (χ0v) is 18.3. The van der Waals surface area contributed by atoms with Crippen LogP contribution in [0.15, 0.2) is 65.7 Å². The molecule has 0 saturated carbocycles. The maximum Gasteiger partial charge on any atom is 0.251 e. The van der Waals surface area contributed by atoms with E-state index in [1.165, 1.54) is 11.1 Å². The summed E-state index contributed by atoms with van der Waals surface area (Å²) in [4.78, 5) is 31.2. The van der Waals surface area contributed by atoms with Crippen LogP contribution >= 0.6 is 12.2 Å². The van der Waals surface area contributed by atoms with Gasteiger partial charge >= 0.3 is 0 Å². The Hall–Kier alpha value is -3.58. The molecule has 0 aliphatic carbocycles. The van der Waals surface area contributed by atoms with Crippen LogP contribution in [0.1, 0.15) is 17.0 Å². The molecule has 0 unspecified atom stereocenters. The second-order valence-corrected chi connectivity index (χ2v) is 7.91. The average Bonchev–Trinajstić information content (AvgIpc) is 3.07. The van der Waals surface area contributed by atoms with Crippen molar-refractivity contribution < 1.29 is 9.59 Å². The number of aryl methyl sites for hydroxylation is 3. The number of anilines is 1. The van der Waals surface area contributed by atoms with Crippen molar-refractivity contribution in [3.63, 3.8) is 0 Å². The molecule has 7 heteroatoms. The lowest BCUT2D eigenvalue weighted by Gasteiger charge is -2.30. The summed E-state index contributed by atoms with van der Waals surface area (Å²) in [6.07, 6.45) is 1.38. The predicted octanol–water partition coefficient (Wildman–Crippen LogP) is 4.17. The number of nitrogens with zero attached hydrogens (tertiary/aromatic N) is 3. The number of benzene rings is 2. The minimum atomic E-state index is -1.05. The van der Waals surface area contributed by atoms with Crippen LogP contribution in [0.25, 0.3) is 5.69 Å². The number of amides is 2. The van der Waals surface area contributed by atoms with Crippen LogP contribution in [0.5, 0.6) is 0 Å². The van der Waals surface area contributed by atoms with Crippen molar-refractivity contribution in [2.24, 2.45) is 10.9 Å². The molecule has 2 amide bonds. The smallest absolute Gasteiger partial charge is 0.251 e. The molecule has 0 spiro atoms. The van der Waals surface area contributed by atoms with Crippen molar-refractivity contribution in [2.45, 2.75) is 20.8 Å². The minimum Gasteiger partial charge on any atom is -0.319 e. The fourth-order valence-corrected chi connectivity index (χ4v) is 3.88. The molecule has 3 aromatic rings. The van der Waals surface area contributed by atoms with Crippen molar-refractivity contribution in [3.05, 3.63) is 77.6 Å². The third-order valence-electron chi connectivity index (χ3n) is 5.25. The lowest BCUT2D eigenvalue weighted by atomic mass is 10.1. The number of nitrogens with one attached hydrogen (secondary N) is 1. The Morgan fingerprint density at radius 2 is 1.45 bits per heavy atom. The Balaban J connectivity index is 1.56. The summed E-state index contributed by atoms with van der Waals surface area (Å²) < 4.78 is 2.14. The Labute approximate surface area is 186 Å². The third kappa shape index (κ3) is 4.04. The first-order valence-corrected chi connectivity index (χ1v) is 10.3. The highest BCUT2D eigenvalue weighted by Gasteiger charge is 2.38. The highest BCUT2D eigenvalue weighted by molar-refractivity contribution is 7.80. The molecular formula is C24H22N4O2S. The van der Waals surface area contributed by atoms with Gasteiger partial charge in [-0.1, -0.05) is 17.7 Å². The van der Waals surface area contributed by atoms with Gasteiger partial charge in [-0.3, -0.25) is 19.5 Å². The van der Waals surface area contributed by atoms with Crippen molar-refractivity contribution >= 4 is 46.7 Å². The number of carbonyl (C=O) groups is 2. The van der Waals surface area contributed by atoms with Crippen LogP contribution in [0.4, 0.5) is 11.4 Å². The monoisotopic (exact) mass is 430 g/mol. The first kappa shape index (κ1) is 20.7. The van der Waals surface area contributed by atoms with Crippen LogP contribution in [-0.4, -0.2) is 27.7 Å². The molecule has 0 radical (unpaired) electrons. The van der Waals surface area contributed by atoms with Crippen LogP contribution < -0.4 is 10.2 Å². The van der Waals surface area contributed by atoms with Gasteiger partial charge in [0.15, 0.2) is 11.0 Å². The van der Waals surface area contributed by atoms with Gasteiger partial charge in [0, 0.05) is 23.3 Å². The van der Waals surface area contributed by atoms with Crippen molar-refractivity contribution in [1.82, 2.24) is 9.88 Å². The first-order chi connectivity index (χ1) is 14.8. The molecule has 0 bridgehead atoms. The van der Waals surface area contributed by atoms with Crippen molar-refractivity contribution in [1.29, 1.82) is 0 Å². The van der Waals surface area contributed by atoms with Gasteiger partial charge in [-0.25, -0.2) is 0 Å².